The van der Waals surface area contributed by atoms with Gasteiger partial charge in [-0.1, -0.05) is 12.8 Å². The van der Waals surface area contributed by atoms with Crippen molar-refractivity contribution < 1.29 is 18.9 Å². The molecular formula is C13H29NO4. The first-order valence-electron chi connectivity index (χ1n) is 6.84. The summed E-state index contributed by atoms with van der Waals surface area (Å²) in [6.07, 6.45) is 4.63. The number of hydrogen-bond acceptors (Lipinski definition) is 5. The zero-order valence-corrected chi connectivity index (χ0v) is 11.7. The summed E-state index contributed by atoms with van der Waals surface area (Å²) < 4.78 is 20.9. The average Bonchev–Trinajstić information content (AvgIpc) is 2.39. The van der Waals surface area contributed by atoms with Gasteiger partial charge in [0.25, 0.3) is 0 Å². The van der Waals surface area contributed by atoms with Gasteiger partial charge in [-0.2, -0.15) is 0 Å². The highest BCUT2D eigenvalue weighted by molar-refractivity contribution is 4.43. The fraction of sp³-hybridized carbons (Fsp3) is 1.00. The zero-order chi connectivity index (χ0) is 13.3. The van der Waals surface area contributed by atoms with Crippen LogP contribution in [0.25, 0.3) is 0 Å². The Hall–Kier alpha value is -0.200. The van der Waals surface area contributed by atoms with E-state index in [1.54, 1.807) is 7.11 Å². The van der Waals surface area contributed by atoms with Gasteiger partial charge in [-0.25, -0.2) is 0 Å². The van der Waals surface area contributed by atoms with Gasteiger partial charge >= 0.3 is 0 Å². The molecule has 5 nitrogen and oxygen atoms in total. The minimum atomic E-state index is 0.614. The second-order valence-electron chi connectivity index (χ2n) is 4.03. The van der Waals surface area contributed by atoms with Crippen LogP contribution in [0.2, 0.25) is 0 Å². The molecule has 0 radical (unpaired) electrons. The molecule has 0 aliphatic heterocycles. The first-order chi connectivity index (χ1) is 8.91. The number of methoxy groups -OCH3 is 1. The van der Waals surface area contributed by atoms with E-state index in [9.17, 15) is 0 Å². The van der Waals surface area contributed by atoms with E-state index in [-0.39, 0.29) is 0 Å². The zero-order valence-electron chi connectivity index (χ0n) is 11.7. The highest BCUT2D eigenvalue weighted by Gasteiger charge is 1.92. The van der Waals surface area contributed by atoms with Crippen molar-refractivity contribution in [2.45, 2.75) is 25.7 Å². The standard InChI is InChI=1S/C13H29NO4/c1-15-8-9-17-12-13-18-11-10-16-7-5-3-2-4-6-14/h2-14H2,1H3. The van der Waals surface area contributed by atoms with E-state index in [2.05, 4.69) is 0 Å². The minimum Gasteiger partial charge on any atom is -0.382 e. The fourth-order valence-corrected chi connectivity index (χ4v) is 1.39. The number of nitrogens with two attached hydrogens (primary N) is 1. The van der Waals surface area contributed by atoms with E-state index in [0.717, 1.165) is 26.0 Å². The van der Waals surface area contributed by atoms with Crippen molar-refractivity contribution in [1.29, 1.82) is 0 Å². The minimum absolute atomic E-state index is 0.614. The highest BCUT2D eigenvalue weighted by Crippen LogP contribution is 1.98. The van der Waals surface area contributed by atoms with E-state index in [1.165, 1.54) is 12.8 Å². The van der Waals surface area contributed by atoms with Gasteiger partial charge in [-0.05, 0) is 19.4 Å². The van der Waals surface area contributed by atoms with Crippen LogP contribution in [0, 0.1) is 0 Å². The second-order valence-corrected chi connectivity index (χ2v) is 4.03. The number of unbranched alkanes of at least 4 members (excludes halogenated alkanes) is 3. The summed E-state index contributed by atoms with van der Waals surface area (Å²) in [6, 6.07) is 0. The molecule has 0 spiro atoms. The van der Waals surface area contributed by atoms with E-state index in [0.29, 0.717) is 39.6 Å². The molecule has 18 heavy (non-hydrogen) atoms. The molecule has 2 N–H and O–H groups in total. The van der Waals surface area contributed by atoms with Gasteiger partial charge < -0.3 is 24.7 Å². The first-order valence-corrected chi connectivity index (χ1v) is 6.84. The van der Waals surface area contributed by atoms with Crippen LogP contribution in [0.4, 0.5) is 0 Å². The maximum atomic E-state index is 5.44. The van der Waals surface area contributed by atoms with Crippen LogP contribution in [-0.2, 0) is 18.9 Å². The van der Waals surface area contributed by atoms with Crippen LogP contribution < -0.4 is 5.73 Å². The molecule has 0 saturated carbocycles. The number of hydrogen-bond donors (Lipinski definition) is 1. The maximum Gasteiger partial charge on any atom is 0.0701 e. The summed E-state index contributed by atoms with van der Waals surface area (Å²) in [5.74, 6) is 0. The number of ether oxygens (including phenoxy) is 4. The van der Waals surface area contributed by atoms with Crippen LogP contribution in [0.1, 0.15) is 25.7 Å². The molecule has 0 fully saturated rings. The summed E-state index contributed by atoms with van der Waals surface area (Å²) in [4.78, 5) is 0. The monoisotopic (exact) mass is 263 g/mol. The van der Waals surface area contributed by atoms with Crippen molar-refractivity contribution >= 4 is 0 Å². The summed E-state index contributed by atoms with van der Waals surface area (Å²) in [5, 5.41) is 0. The summed E-state index contributed by atoms with van der Waals surface area (Å²) in [5.41, 5.74) is 5.41. The van der Waals surface area contributed by atoms with Crippen LogP contribution in [0.3, 0.4) is 0 Å². The van der Waals surface area contributed by atoms with E-state index in [4.69, 9.17) is 24.7 Å². The molecule has 0 amide bonds. The molecule has 0 heterocycles. The van der Waals surface area contributed by atoms with Gasteiger partial charge in [0.15, 0.2) is 0 Å². The molecule has 5 heteroatoms. The van der Waals surface area contributed by atoms with E-state index >= 15 is 0 Å². The lowest BCUT2D eigenvalue weighted by Gasteiger charge is -2.06. The maximum absolute atomic E-state index is 5.44. The molecule has 110 valence electrons. The van der Waals surface area contributed by atoms with Crippen LogP contribution in [0.15, 0.2) is 0 Å². The molecular weight excluding hydrogens is 234 g/mol. The van der Waals surface area contributed by atoms with Gasteiger partial charge in [-0.3, -0.25) is 0 Å². The first kappa shape index (κ1) is 17.8. The Labute approximate surface area is 111 Å². The number of rotatable bonds is 15. The van der Waals surface area contributed by atoms with Gasteiger partial charge in [0.1, 0.15) is 0 Å². The molecule has 0 saturated heterocycles. The largest absolute Gasteiger partial charge is 0.382 e. The lowest BCUT2D eigenvalue weighted by atomic mass is 10.2. The van der Waals surface area contributed by atoms with Gasteiger partial charge in [0, 0.05) is 13.7 Å². The fourth-order valence-electron chi connectivity index (χ4n) is 1.39. The Bertz CT molecular complexity index is 131. The third kappa shape index (κ3) is 15.8. The Morgan fingerprint density at radius 3 is 1.67 bits per heavy atom. The average molecular weight is 263 g/mol. The molecule has 0 unspecified atom stereocenters. The third-order valence-electron chi connectivity index (χ3n) is 2.42. The van der Waals surface area contributed by atoms with Crippen molar-refractivity contribution in [1.82, 2.24) is 0 Å². The quantitative estimate of drug-likeness (QED) is 0.450. The molecule has 0 aliphatic carbocycles. The van der Waals surface area contributed by atoms with Crippen molar-refractivity contribution in [3.8, 4) is 0 Å². The molecule has 0 rings (SSSR count). The van der Waals surface area contributed by atoms with Crippen molar-refractivity contribution in [3.63, 3.8) is 0 Å². The van der Waals surface area contributed by atoms with Crippen molar-refractivity contribution in [3.05, 3.63) is 0 Å². The van der Waals surface area contributed by atoms with Crippen LogP contribution >= 0.6 is 0 Å². The van der Waals surface area contributed by atoms with Gasteiger partial charge in [0.2, 0.25) is 0 Å². The molecule has 0 bridgehead atoms. The molecule has 0 aromatic carbocycles. The molecule has 0 atom stereocenters. The van der Waals surface area contributed by atoms with Gasteiger partial charge in [-0.15, -0.1) is 0 Å². The third-order valence-corrected chi connectivity index (χ3v) is 2.42. The topological polar surface area (TPSA) is 62.9 Å². The lowest BCUT2D eigenvalue weighted by molar-refractivity contribution is 0.00324. The van der Waals surface area contributed by atoms with Crippen LogP contribution in [0.5, 0.6) is 0 Å². The SMILES string of the molecule is COCCOCCOCCOCCCCCCN. The van der Waals surface area contributed by atoms with E-state index < -0.39 is 0 Å². The van der Waals surface area contributed by atoms with Crippen LogP contribution in [-0.4, -0.2) is 59.9 Å². The second kappa shape index (κ2) is 16.8. The predicted octanol–water partition coefficient (Wildman–Crippen LogP) is 1.20. The predicted molar refractivity (Wildman–Crippen MR) is 71.9 cm³/mol. The van der Waals surface area contributed by atoms with Crippen molar-refractivity contribution in [2.24, 2.45) is 5.73 Å². The van der Waals surface area contributed by atoms with Gasteiger partial charge in [0.05, 0.1) is 39.6 Å². The molecule has 0 aromatic rings. The smallest absolute Gasteiger partial charge is 0.0701 e. The lowest BCUT2D eigenvalue weighted by Crippen LogP contribution is -2.11. The Morgan fingerprint density at radius 2 is 1.11 bits per heavy atom. The Kier molecular flexibility index (Phi) is 16.6. The summed E-state index contributed by atoms with van der Waals surface area (Å²) in [6.45, 7) is 5.39. The molecule has 0 aliphatic rings. The highest BCUT2D eigenvalue weighted by atomic mass is 16.6. The van der Waals surface area contributed by atoms with Crippen molar-refractivity contribution in [2.75, 3.05) is 59.9 Å². The normalized spacial score (nSPS) is 11.0. The Balaban J connectivity index is 2.86. The summed E-state index contributed by atoms with van der Waals surface area (Å²) in [7, 11) is 1.66. The summed E-state index contributed by atoms with van der Waals surface area (Å²) >= 11 is 0. The van der Waals surface area contributed by atoms with E-state index in [1.807, 2.05) is 0 Å². The Morgan fingerprint density at radius 1 is 0.611 bits per heavy atom. The molecule has 0 aromatic heterocycles.